The Morgan fingerprint density at radius 3 is 2.02 bits per heavy atom. The molecule has 4 aromatic heterocycles. The summed E-state index contributed by atoms with van der Waals surface area (Å²) in [7, 11) is 0. The Morgan fingerprint density at radius 1 is 0.655 bits per heavy atom. The number of hydrogen-bond donors (Lipinski definition) is 0. The molecule has 0 spiro atoms. The number of rotatable bonds is 6. The van der Waals surface area contributed by atoms with E-state index in [2.05, 4.69) is 178 Å². The first kappa shape index (κ1) is 42.4. The molecule has 0 saturated heterocycles. The molecule has 0 aliphatic heterocycles. The first-order chi connectivity index (χ1) is 27.2. The van der Waals surface area contributed by atoms with Crippen molar-refractivity contribution in [1.82, 2.24) is 15.0 Å². The monoisotopic (exact) mass is 940 g/mol. The predicted octanol–water partition coefficient (Wildman–Crippen LogP) is 14.5. The molecule has 8 aromatic rings. The zero-order valence-corrected chi connectivity index (χ0v) is 38.0. The van der Waals surface area contributed by atoms with E-state index in [9.17, 15) is 0 Å². The van der Waals surface area contributed by atoms with E-state index in [1.165, 1.54) is 55.6 Å². The van der Waals surface area contributed by atoms with Crippen LogP contribution in [0.25, 0.3) is 67.0 Å². The van der Waals surface area contributed by atoms with E-state index in [1.807, 2.05) is 24.5 Å². The molecule has 0 saturated carbocycles. The minimum absolute atomic E-state index is 0. The fourth-order valence-corrected chi connectivity index (χ4v) is 7.74. The van der Waals surface area contributed by atoms with Crippen LogP contribution < -0.4 is 0 Å². The van der Waals surface area contributed by atoms with Crippen molar-refractivity contribution in [2.45, 2.75) is 93.4 Å². The van der Waals surface area contributed by atoms with Crippen molar-refractivity contribution in [3.63, 3.8) is 0 Å². The molecule has 0 atom stereocenters. The third-order valence-electron chi connectivity index (χ3n) is 10.9. The fraction of sp³-hybridized carbons (Fsp3) is 0.264. The molecule has 1 radical (unpaired) electrons. The van der Waals surface area contributed by atoms with Gasteiger partial charge in [-0.25, -0.2) is 4.98 Å². The Morgan fingerprint density at radius 2 is 1.38 bits per heavy atom. The molecule has 8 rings (SSSR count). The van der Waals surface area contributed by atoms with Gasteiger partial charge in [-0.1, -0.05) is 132 Å². The minimum Gasteiger partial charge on any atom is -0.486 e. The maximum absolute atomic E-state index is 6.57. The summed E-state index contributed by atoms with van der Waals surface area (Å²) >= 11 is 0. The van der Waals surface area contributed by atoms with Crippen molar-refractivity contribution in [2.75, 3.05) is 0 Å². The van der Waals surface area contributed by atoms with E-state index >= 15 is 0 Å². The summed E-state index contributed by atoms with van der Waals surface area (Å²) in [6, 6.07) is 40.6. The van der Waals surface area contributed by atoms with Gasteiger partial charge in [0.1, 0.15) is 0 Å². The number of pyridine rings is 3. The second-order valence-electron chi connectivity index (χ2n) is 17.0. The molecule has 0 N–H and O–H groups in total. The van der Waals surface area contributed by atoms with Crippen molar-refractivity contribution in [1.29, 1.82) is 0 Å². The fourth-order valence-electron chi connectivity index (χ4n) is 7.74. The van der Waals surface area contributed by atoms with Gasteiger partial charge in [-0.2, -0.15) is 0 Å². The molecule has 0 amide bonds. The van der Waals surface area contributed by atoms with Crippen molar-refractivity contribution in [2.24, 2.45) is 0 Å². The molecule has 0 aliphatic rings. The average Bonchev–Trinajstić information content (AvgIpc) is 3.57. The van der Waals surface area contributed by atoms with Crippen LogP contribution in [0.4, 0.5) is 0 Å². The summed E-state index contributed by atoms with van der Waals surface area (Å²) in [6.07, 6.45) is 3.91. The summed E-state index contributed by atoms with van der Waals surface area (Å²) < 4.78 is 6.57. The number of nitrogens with zero attached hydrogens (tertiary/aromatic N) is 3. The number of furan rings is 1. The van der Waals surface area contributed by atoms with Crippen LogP contribution in [-0.4, -0.2) is 15.0 Å². The van der Waals surface area contributed by atoms with E-state index in [-0.39, 0.29) is 25.5 Å². The molecule has 0 unspecified atom stereocenters. The molecule has 4 heterocycles. The van der Waals surface area contributed by atoms with Gasteiger partial charge in [-0.05, 0) is 94.9 Å². The van der Waals surface area contributed by atoms with Crippen LogP contribution >= 0.6 is 0 Å². The topological polar surface area (TPSA) is 51.8 Å². The van der Waals surface area contributed by atoms with Gasteiger partial charge in [0.25, 0.3) is 0 Å². The summed E-state index contributed by atoms with van der Waals surface area (Å²) in [6.45, 7) is 24.1. The van der Waals surface area contributed by atoms with Gasteiger partial charge in [0.15, 0.2) is 0 Å². The summed E-state index contributed by atoms with van der Waals surface area (Å²) in [5, 5.41) is 2.03. The summed E-state index contributed by atoms with van der Waals surface area (Å²) in [4.78, 5) is 14.5. The SMILES string of the molecule is Cc1c[c-]c(-c2cc(C)c(C)cn2)cc1.Cc1cc(-c2[c-]ccc3c2oc2nc(-c4c(C(C)C)ccc(-c5ccccc5)c4C(C)C)ccc23)ncc1C(C)(C)C.[Ir]. The summed E-state index contributed by atoms with van der Waals surface area (Å²) in [5.41, 5.74) is 18.7. The van der Waals surface area contributed by atoms with Gasteiger partial charge in [0, 0.05) is 43.4 Å². The van der Waals surface area contributed by atoms with Crippen LogP contribution in [0.15, 0.2) is 114 Å². The third kappa shape index (κ3) is 8.63. The van der Waals surface area contributed by atoms with Crippen LogP contribution in [0.3, 0.4) is 0 Å². The van der Waals surface area contributed by atoms with E-state index in [4.69, 9.17) is 14.4 Å². The zero-order valence-electron chi connectivity index (χ0n) is 35.6. The van der Waals surface area contributed by atoms with Crippen molar-refractivity contribution < 1.29 is 24.5 Å². The molecule has 4 nitrogen and oxygen atoms in total. The van der Waals surface area contributed by atoms with E-state index < -0.39 is 0 Å². The average molecular weight is 940 g/mol. The van der Waals surface area contributed by atoms with Gasteiger partial charge in [0.2, 0.25) is 5.71 Å². The van der Waals surface area contributed by atoms with Crippen LogP contribution in [-0.2, 0) is 25.5 Å². The van der Waals surface area contributed by atoms with E-state index in [0.717, 1.165) is 44.6 Å². The largest absolute Gasteiger partial charge is 0.486 e. The van der Waals surface area contributed by atoms with Gasteiger partial charge in [-0.15, -0.1) is 53.6 Å². The molecule has 0 aliphatic carbocycles. The number of hydrogen-bond acceptors (Lipinski definition) is 4. The molecule has 0 bridgehead atoms. The molecule has 4 aromatic carbocycles. The third-order valence-corrected chi connectivity index (χ3v) is 10.9. The van der Waals surface area contributed by atoms with Gasteiger partial charge < -0.3 is 14.4 Å². The number of aromatic nitrogens is 3. The van der Waals surface area contributed by atoms with Crippen LogP contribution in [0.1, 0.15) is 99.2 Å². The molecule has 5 heteroatoms. The second-order valence-corrected chi connectivity index (χ2v) is 17.0. The normalized spacial score (nSPS) is 11.5. The van der Waals surface area contributed by atoms with E-state index in [1.54, 1.807) is 0 Å². The van der Waals surface area contributed by atoms with Gasteiger partial charge >= 0.3 is 0 Å². The molecule has 58 heavy (non-hydrogen) atoms. The van der Waals surface area contributed by atoms with Gasteiger partial charge in [-0.3, -0.25) is 0 Å². The maximum atomic E-state index is 6.57. The first-order valence-electron chi connectivity index (χ1n) is 20.1. The predicted molar refractivity (Wildman–Crippen MR) is 239 cm³/mol. The number of aryl methyl sites for hydroxylation is 4. The Hall–Kier alpha value is -5.22. The van der Waals surface area contributed by atoms with Crippen LogP contribution in [0, 0.1) is 39.8 Å². The molecular formula is C53H53IrN3O-2. The molecule has 297 valence electrons. The van der Waals surface area contributed by atoms with Crippen LogP contribution in [0.2, 0.25) is 0 Å². The zero-order chi connectivity index (χ0) is 40.6. The summed E-state index contributed by atoms with van der Waals surface area (Å²) in [5.74, 6) is 0.663. The Balaban J connectivity index is 0.000000298. The first-order valence-corrected chi connectivity index (χ1v) is 20.1. The van der Waals surface area contributed by atoms with E-state index in [0.29, 0.717) is 17.5 Å². The quantitative estimate of drug-likeness (QED) is 0.156. The van der Waals surface area contributed by atoms with Crippen LogP contribution in [0.5, 0.6) is 0 Å². The molecule has 0 fully saturated rings. The van der Waals surface area contributed by atoms with Crippen molar-refractivity contribution in [3.8, 4) is 44.9 Å². The van der Waals surface area contributed by atoms with Crippen molar-refractivity contribution >= 4 is 22.1 Å². The molecular weight excluding hydrogens is 887 g/mol. The minimum atomic E-state index is 0. The standard InChI is InChI=1S/C39H39N2O.C14H14N.Ir/c1-23(2)27-17-18-28(26-13-10-9-11-14-26)35(24(3)4)36(27)33-20-19-30-29-15-12-16-31(37(29)42-38(30)41-33)34-21-25(5)32(22-40-34)39(6,7)8;1-10-4-6-13(7-5-10)14-8-11(2)12(3)9-15-14;/h9-15,17-24H,1-8H3;4-6,8-9H,1-3H3;/q2*-1;. The smallest absolute Gasteiger partial charge is 0.216 e. The number of fused-ring (bicyclic) bond motifs is 3. The Bertz CT molecular complexity index is 2700. The van der Waals surface area contributed by atoms with Gasteiger partial charge in [0.05, 0.1) is 11.3 Å². The maximum Gasteiger partial charge on any atom is 0.216 e. The second kappa shape index (κ2) is 17.3. The van der Waals surface area contributed by atoms with Crippen molar-refractivity contribution in [3.05, 3.63) is 161 Å². The Labute approximate surface area is 358 Å². The number of benzene rings is 4. The Kier molecular flexibility index (Phi) is 12.7.